The number of allylic oxidation sites excluding steroid dienone is 3. The number of aromatic nitrogens is 3. The fraction of sp³-hybridized carbons (Fsp3) is 0.489. The summed E-state index contributed by atoms with van der Waals surface area (Å²) in [5.74, 6) is -2.04. The number of esters is 2. The number of nitrogens with one attached hydrogen (secondary N) is 4. The van der Waals surface area contributed by atoms with Crippen molar-refractivity contribution in [2.45, 2.75) is 113 Å². The van der Waals surface area contributed by atoms with Gasteiger partial charge in [-0.25, -0.2) is 0 Å². The van der Waals surface area contributed by atoms with E-state index in [0.717, 1.165) is 76.3 Å². The van der Waals surface area contributed by atoms with E-state index in [0.29, 0.717) is 51.8 Å². The third kappa shape index (κ3) is 8.05. The summed E-state index contributed by atoms with van der Waals surface area (Å²) in [5, 5.41) is 5.16. The Bertz CT molecular complexity index is 2290. The van der Waals surface area contributed by atoms with Crippen LogP contribution < -0.4 is 16.0 Å². The van der Waals surface area contributed by atoms with E-state index in [1.165, 1.54) is 31.9 Å². The highest BCUT2D eigenvalue weighted by Gasteiger charge is 2.48. The molecule has 1 saturated heterocycles. The van der Waals surface area contributed by atoms with Gasteiger partial charge in [-0.1, -0.05) is 59.5 Å². The molecule has 0 amide bonds. The van der Waals surface area contributed by atoms with Gasteiger partial charge in [-0.2, -0.15) is 0 Å². The van der Waals surface area contributed by atoms with Crippen molar-refractivity contribution >= 4 is 47.8 Å². The summed E-state index contributed by atoms with van der Waals surface area (Å²) >= 11 is 0. The number of ketones is 1. The third-order valence-corrected chi connectivity index (χ3v) is 12.6. The molecular weight excluding hydrogens is 717 g/mol. The number of Topliss-reactive ketones (excluding diaryl/α,β-unsaturated/α-hetero) is 1. The lowest BCUT2D eigenvalue weighted by Crippen LogP contribution is -2.25. The summed E-state index contributed by atoms with van der Waals surface area (Å²) in [6.45, 7) is 17.1. The van der Waals surface area contributed by atoms with Crippen LogP contribution in [0.25, 0.3) is 23.8 Å². The van der Waals surface area contributed by atoms with Gasteiger partial charge in [0.05, 0.1) is 18.2 Å². The number of methoxy groups -OCH3 is 1. The van der Waals surface area contributed by atoms with E-state index in [-0.39, 0.29) is 36.6 Å². The second-order valence-corrected chi connectivity index (χ2v) is 16.3. The van der Waals surface area contributed by atoms with Crippen molar-refractivity contribution in [3.8, 4) is 0 Å². The number of fused-ring (bicyclic) bond motifs is 7. The van der Waals surface area contributed by atoms with Crippen molar-refractivity contribution < 1.29 is 28.7 Å². The zero-order valence-electron chi connectivity index (χ0n) is 35.2. The van der Waals surface area contributed by atoms with Gasteiger partial charge >= 0.3 is 11.9 Å². The molecule has 1 aliphatic carbocycles. The zero-order valence-corrected chi connectivity index (χ0v) is 35.2. The van der Waals surface area contributed by atoms with Crippen LogP contribution in [-0.4, -0.2) is 52.7 Å². The van der Waals surface area contributed by atoms with Gasteiger partial charge in [0.1, 0.15) is 12.5 Å². The second-order valence-electron chi connectivity index (χ2n) is 16.3. The highest BCUT2D eigenvalue weighted by atomic mass is 16.5. The van der Waals surface area contributed by atoms with E-state index in [9.17, 15) is 19.2 Å². The minimum absolute atomic E-state index is 0.104. The first kappa shape index (κ1) is 41.5. The Hall–Kier alpha value is -5.12. The zero-order chi connectivity index (χ0) is 41.1. The van der Waals surface area contributed by atoms with E-state index in [1.807, 2.05) is 32.1 Å². The number of carbonyl (C=O) groups is 4. The van der Waals surface area contributed by atoms with Crippen molar-refractivity contribution in [2.24, 2.45) is 23.7 Å². The highest BCUT2D eigenvalue weighted by molar-refractivity contribution is 6.24. The molecule has 3 aliphatic rings. The number of H-pyrrole nitrogens is 3. The van der Waals surface area contributed by atoms with Crippen LogP contribution in [0.3, 0.4) is 0 Å². The highest BCUT2D eigenvalue weighted by Crippen LogP contribution is 2.48. The fourth-order valence-corrected chi connectivity index (χ4v) is 9.26. The normalized spacial score (nSPS) is 22.5. The molecule has 5 heterocycles. The number of aromatic amines is 3. The lowest BCUT2D eigenvalue weighted by Gasteiger charge is -2.19. The molecule has 0 saturated carbocycles. The first-order valence-electron chi connectivity index (χ1n) is 20.9. The smallest absolute Gasteiger partial charge is 0.321 e. The molecule has 1 fully saturated rings. The van der Waals surface area contributed by atoms with Crippen molar-refractivity contribution in [1.82, 2.24) is 20.3 Å². The molecule has 10 nitrogen and oxygen atoms in total. The number of hydrogen-bond acceptors (Lipinski definition) is 7. The molecule has 10 heteroatoms. The molecule has 0 spiro atoms. The molecular formula is C47H60N4O6. The van der Waals surface area contributed by atoms with Gasteiger partial charge in [-0.05, 0) is 105 Å². The van der Waals surface area contributed by atoms with E-state index >= 15 is 0 Å². The maximum absolute atomic E-state index is 14.3. The van der Waals surface area contributed by atoms with Gasteiger partial charge in [-0.15, -0.1) is 0 Å². The van der Waals surface area contributed by atoms with Crippen LogP contribution in [-0.2, 0) is 31.9 Å². The topological polar surface area (TPSA) is 146 Å². The maximum atomic E-state index is 14.3. The average Bonchev–Trinajstić information content (AvgIpc) is 3.94. The van der Waals surface area contributed by atoms with Gasteiger partial charge in [0, 0.05) is 68.8 Å². The van der Waals surface area contributed by atoms with Gasteiger partial charge in [0.2, 0.25) is 0 Å². The van der Waals surface area contributed by atoms with E-state index in [2.05, 4.69) is 67.9 Å². The minimum Gasteiger partial charge on any atom is -0.468 e. The molecule has 57 heavy (non-hydrogen) atoms. The molecule has 8 bridgehead atoms. The fourth-order valence-electron chi connectivity index (χ4n) is 9.26. The summed E-state index contributed by atoms with van der Waals surface area (Å²) < 4.78 is 11.0. The summed E-state index contributed by atoms with van der Waals surface area (Å²) in [6.07, 6.45) is 16.8. The molecule has 3 aromatic heterocycles. The van der Waals surface area contributed by atoms with Gasteiger partial charge in [-0.3, -0.25) is 19.2 Å². The largest absolute Gasteiger partial charge is 0.468 e. The molecule has 3 aromatic rings. The number of carbonyl (C=O) groups excluding carboxylic acids is 4. The monoisotopic (exact) mass is 776 g/mol. The summed E-state index contributed by atoms with van der Waals surface area (Å²) in [7, 11) is 1.30. The van der Waals surface area contributed by atoms with Crippen molar-refractivity contribution in [1.29, 1.82) is 0 Å². The van der Waals surface area contributed by atoms with Crippen molar-refractivity contribution in [3.63, 3.8) is 0 Å². The Balaban J connectivity index is 1.43. The second kappa shape index (κ2) is 17.6. The van der Waals surface area contributed by atoms with Gasteiger partial charge in [0.25, 0.3) is 0 Å². The Kier molecular flexibility index (Phi) is 12.8. The summed E-state index contributed by atoms with van der Waals surface area (Å²) in [5.41, 5.74) is 11.3. The first-order valence-corrected chi connectivity index (χ1v) is 20.9. The molecule has 4 atom stereocenters. The van der Waals surface area contributed by atoms with Crippen LogP contribution >= 0.6 is 0 Å². The van der Waals surface area contributed by atoms with E-state index in [4.69, 9.17) is 9.47 Å². The Morgan fingerprint density at radius 2 is 1.63 bits per heavy atom. The summed E-state index contributed by atoms with van der Waals surface area (Å²) in [4.78, 5) is 64.4. The molecule has 6 rings (SSSR count). The number of ether oxygens (including phenoxy) is 2. The number of aldehydes is 1. The van der Waals surface area contributed by atoms with Crippen LogP contribution in [0, 0.1) is 37.5 Å². The number of rotatable bonds is 15. The van der Waals surface area contributed by atoms with Crippen LogP contribution in [0.15, 0.2) is 23.0 Å². The van der Waals surface area contributed by atoms with Gasteiger partial charge < -0.3 is 29.7 Å². The van der Waals surface area contributed by atoms with Crippen LogP contribution in [0.1, 0.15) is 152 Å². The van der Waals surface area contributed by atoms with E-state index < -0.39 is 11.9 Å². The molecule has 0 aromatic carbocycles. The third-order valence-electron chi connectivity index (χ3n) is 12.6. The van der Waals surface area contributed by atoms with Crippen LogP contribution in [0.4, 0.5) is 0 Å². The maximum Gasteiger partial charge on any atom is 0.321 e. The van der Waals surface area contributed by atoms with Gasteiger partial charge in [0.15, 0.2) is 12.1 Å². The predicted octanol–water partition coefficient (Wildman–Crippen LogP) is 7.67. The lowest BCUT2D eigenvalue weighted by atomic mass is 9.85. The predicted molar refractivity (Wildman–Crippen MR) is 225 cm³/mol. The number of hydrogen-bond donors (Lipinski definition) is 4. The quantitative estimate of drug-likeness (QED) is 0.0537. The minimum atomic E-state index is -1.17. The molecule has 0 unspecified atom stereocenters. The average molecular weight is 777 g/mol. The van der Waals surface area contributed by atoms with E-state index in [1.54, 1.807) is 0 Å². The molecule has 304 valence electrons. The van der Waals surface area contributed by atoms with Crippen LogP contribution in [0.5, 0.6) is 0 Å². The summed E-state index contributed by atoms with van der Waals surface area (Å²) in [6, 6.07) is 0. The lowest BCUT2D eigenvalue weighted by molar-refractivity contribution is -0.143. The van der Waals surface area contributed by atoms with Crippen molar-refractivity contribution in [2.75, 3.05) is 13.7 Å². The Morgan fingerprint density at radius 3 is 2.32 bits per heavy atom. The Labute approximate surface area is 336 Å². The first-order chi connectivity index (χ1) is 27.4. The SMILES string of the molecule is CCC[C@H](C)CCC/C(C)=C/COC(=O)CC[C@@H]1/C2=C3/c4[nH]c(c(C)c4C(=O)[C@@H]3C(=O)OC)/C=c3\[nH]/c(c(C=O)c3CC)=C\c3[nH]c(c(C)c3CC)/C=C(\N2)[C@H]1C. The van der Waals surface area contributed by atoms with Crippen LogP contribution in [0.2, 0.25) is 0 Å². The van der Waals surface area contributed by atoms with Crippen molar-refractivity contribution in [3.05, 3.63) is 89.9 Å². The Morgan fingerprint density at radius 1 is 0.912 bits per heavy atom. The molecule has 0 radical (unpaired) electrons. The molecule has 4 N–H and O–H groups in total. The molecule has 2 aliphatic heterocycles. The standard InChI is InChI=1S/C47H60N4O6/c1-10-14-25(4)15-13-16-26(5)19-20-57-40(53)18-17-32-28(7)35-21-34-27(6)30(11-2)37(48-34)23-39-33(24-52)31(12-3)38(49-39)22-36-29(8)41-45(51-36)42(44(32)50-35)43(46(41)54)47(55)56-9/h19,21-25,28,32,43,48-51H,10-18,20H2,1-9H3/b26-19+,35-21-,38-22-,39-23-,44-42-/t25-,28-,32-,43+/m0/s1.